The Balaban J connectivity index is 2.39. The van der Waals surface area contributed by atoms with Crippen molar-refractivity contribution in [3.8, 4) is 0 Å². The van der Waals surface area contributed by atoms with Crippen molar-refractivity contribution in [3.63, 3.8) is 0 Å². The number of nitrogens with two attached hydrogens (primary N) is 1. The van der Waals surface area contributed by atoms with Crippen molar-refractivity contribution in [1.82, 2.24) is 9.78 Å². The second-order valence-corrected chi connectivity index (χ2v) is 4.65. The van der Waals surface area contributed by atoms with Crippen LogP contribution in [0.15, 0.2) is 6.20 Å². The first kappa shape index (κ1) is 12.0. The summed E-state index contributed by atoms with van der Waals surface area (Å²) in [6.45, 7) is 0. The highest BCUT2D eigenvalue weighted by atomic mass is 16.6. The lowest BCUT2D eigenvalue weighted by molar-refractivity contribution is -0.386. The number of nitrogens with zero attached hydrogens (tertiary/aromatic N) is 3. The normalized spacial score (nSPS) is 29.2. The van der Waals surface area contributed by atoms with E-state index in [2.05, 4.69) is 5.10 Å². The molecule has 1 fully saturated rings. The van der Waals surface area contributed by atoms with Crippen molar-refractivity contribution < 1.29 is 10.0 Å². The Morgan fingerprint density at radius 2 is 2.24 bits per heavy atom. The van der Waals surface area contributed by atoms with E-state index in [1.807, 2.05) is 0 Å². The zero-order chi connectivity index (χ0) is 12.6. The second kappa shape index (κ2) is 4.08. The second-order valence-electron chi connectivity index (χ2n) is 4.65. The number of rotatable bonds is 2. The van der Waals surface area contributed by atoms with Gasteiger partial charge >= 0.3 is 5.69 Å². The summed E-state index contributed by atoms with van der Waals surface area (Å²) < 4.78 is 1.47. The molecular formula is C10H16N4O3. The van der Waals surface area contributed by atoms with Gasteiger partial charge in [0.2, 0.25) is 0 Å². The summed E-state index contributed by atoms with van der Waals surface area (Å²) in [6.07, 6.45) is 3.09. The van der Waals surface area contributed by atoms with E-state index in [-0.39, 0.29) is 11.8 Å². The topological polar surface area (TPSA) is 107 Å². The molecule has 0 unspecified atom stereocenters. The predicted molar refractivity (Wildman–Crippen MR) is 60.2 cm³/mol. The number of aromatic nitrogens is 2. The molecule has 1 aliphatic rings. The fourth-order valence-corrected chi connectivity index (χ4v) is 2.49. The first-order valence-corrected chi connectivity index (χ1v) is 5.58. The van der Waals surface area contributed by atoms with Gasteiger partial charge in [0.1, 0.15) is 11.9 Å². The molecule has 1 aromatic rings. The van der Waals surface area contributed by atoms with Crippen LogP contribution in [0, 0.1) is 10.1 Å². The maximum atomic E-state index is 10.9. The minimum Gasteiger partial charge on any atom is -0.393 e. The van der Waals surface area contributed by atoms with Gasteiger partial charge < -0.3 is 10.8 Å². The maximum Gasteiger partial charge on any atom is 0.312 e. The summed E-state index contributed by atoms with van der Waals surface area (Å²) in [5, 5.41) is 24.3. The first-order valence-electron chi connectivity index (χ1n) is 5.58. The van der Waals surface area contributed by atoms with Gasteiger partial charge in [-0.2, -0.15) is 5.10 Å². The minimum absolute atomic E-state index is 0.0358. The van der Waals surface area contributed by atoms with Crippen LogP contribution in [0.1, 0.15) is 31.4 Å². The first-order chi connectivity index (χ1) is 7.94. The Labute approximate surface area is 98.4 Å². The summed E-state index contributed by atoms with van der Waals surface area (Å²) in [5.74, 6) is 0. The van der Waals surface area contributed by atoms with Crippen LogP contribution in [0.3, 0.4) is 0 Å². The monoisotopic (exact) mass is 240 g/mol. The van der Waals surface area contributed by atoms with Gasteiger partial charge in [0.25, 0.3) is 0 Å². The van der Waals surface area contributed by atoms with Crippen molar-refractivity contribution in [1.29, 1.82) is 0 Å². The number of aryl methyl sites for hydroxylation is 1. The van der Waals surface area contributed by atoms with E-state index in [0.29, 0.717) is 31.4 Å². The molecule has 0 spiro atoms. The van der Waals surface area contributed by atoms with E-state index in [0.717, 1.165) is 0 Å². The number of nitro groups is 1. The Morgan fingerprint density at radius 3 is 2.76 bits per heavy atom. The van der Waals surface area contributed by atoms with Crippen LogP contribution in [0.5, 0.6) is 0 Å². The van der Waals surface area contributed by atoms with Crippen molar-refractivity contribution >= 4 is 5.69 Å². The highest BCUT2D eigenvalue weighted by Gasteiger charge is 2.40. The molecule has 2 rings (SSSR count). The molecule has 0 amide bonds. The van der Waals surface area contributed by atoms with Crippen LogP contribution >= 0.6 is 0 Å². The van der Waals surface area contributed by atoms with E-state index in [1.165, 1.54) is 10.9 Å². The van der Waals surface area contributed by atoms with Crippen molar-refractivity contribution in [2.45, 2.75) is 37.3 Å². The van der Waals surface area contributed by atoms with Crippen LogP contribution in [-0.2, 0) is 12.6 Å². The number of aliphatic hydroxyl groups excluding tert-OH is 1. The van der Waals surface area contributed by atoms with Gasteiger partial charge in [-0.15, -0.1) is 0 Å². The molecular weight excluding hydrogens is 224 g/mol. The lowest BCUT2D eigenvalue weighted by atomic mass is 9.78. The van der Waals surface area contributed by atoms with E-state index < -0.39 is 10.5 Å². The van der Waals surface area contributed by atoms with Gasteiger partial charge in [0.15, 0.2) is 0 Å². The number of hydrogen-bond donors (Lipinski definition) is 2. The van der Waals surface area contributed by atoms with Gasteiger partial charge in [-0.1, -0.05) is 0 Å². The molecule has 0 radical (unpaired) electrons. The van der Waals surface area contributed by atoms with Crippen molar-refractivity contribution in [2.75, 3.05) is 0 Å². The van der Waals surface area contributed by atoms with E-state index in [9.17, 15) is 15.2 Å². The summed E-state index contributed by atoms with van der Waals surface area (Å²) >= 11 is 0. The predicted octanol–water partition coefficient (Wildman–Crippen LogP) is 0.417. The molecule has 1 saturated carbocycles. The average molecular weight is 240 g/mol. The molecule has 7 nitrogen and oxygen atoms in total. The molecule has 0 aromatic carbocycles. The van der Waals surface area contributed by atoms with Crippen molar-refractivity contribution in [2.24, 2.45) is 12.8 Å². The smallest absolute Gasteiger partial charge is 0.312 e. The van der Waals surface area contributed by atoms with Crippen LogP contribution in [0.25, 0.3) is 0 Å². The molecule has 0 bridgehead atoms. The largest absolute Gasteiger partial charge is 0.393 e. The average Bonchev–Trinajstić information content (AvgIpc) is 2.66. The highest BCUT2D eigenvalue weighted by molar-refractivity contribution is 5.38. The van der Waals surface area contributed by atoms with Crippen LogP contribution < -0.4 is 5.73 Å². The van der Waals surface area contributed by atoms with Crippen molar-refractivity contribution in [3.05, 3.63) is 22.0 Å². The Hall–Kier alpha value is -1.47. The lowest BCUT2D eigenvalue weighted by Gasteiger charge is -2.34. The molecule has 1 heterocycles. The van der Waals surface area contributed by atoms with Crippen LogP contribution in [-0.4, -0.2) is 25.9 Å². The fourth-order valence-electron chi connectivity index (χ4n) is 2.49. The molecule has 1 aliphatic carbocycles. The SMILES string of the molecule is Cn1ncc([N+](=O)[O-])c1C1(N)CCC(O)CC1. The summed E-state index contributed by atoms with van der Waals surface area (Å²) in [5.41, 5.74) is 5.91. The Bertz CT molecular complexity index is 435. The zero-order valence-corrected chi connectivity index (χ0v) is 9.67. The maximum absolute atomic E-state index is 10.9. The van der Waals surface area contributed by atoms with Gasteiger partial charge in [-0.3, -0.25) is 14.8 Å². The molecule has 17 heavy (non-hydrogen) atoms. The summed E-state index contributed by atoms with van der Waals surface area (Å²) in [7, 11) is 1.65. The molecule has 3 N–H and O–H groups in total. The third kappa shape index (κ3) is 2.03. The van der Waals surface area contributed by atoms with Crippen LogP contribution in [0.2, 0.25) is 0 Å². The number of aliphatic hydroxyl groups is 1. The lowest BCUT2D eigenvalue weighted by Crippen LogP contribution is -2.43. The standard InChI is InChI=1S/C10H16N4O3/c1-13-9(8(6-12-13)14(16)17)10(11)4-2-7(15)3-5-10/h6-7,15H,2-5,11H2,1H3. The van der Waals surface area contributed by atoms with Gasteiger partial charge in [0.05, 0.1) is 16.6 Å². The minimum atomic E-state index is -0.757. The summed E-state index contributed by atoms with van der Waals surface area (Å²) in [6, 6.07) is 0. The van der Waals surface area contributed by atoms with E-state index in [4.69, 9.17) is 5.73 Å². The molecule has 0 saturated heterocycles. The Morgan fingerprint density at radius 1 is 1.65 bits per heavy atom. The van der Waals surface area contributed by atoms with E-state index in [1.54, 1.807) is 7.05 Å². The third-order valence-electron chi connectivity index (χ3n) is 3.44. The molecule has 94 valence electrons. The zero-order valence-electron chi connectivity index (χ0n) is 9.67. The fraction of sp³-hybridized carbons (Fsp3) is 0.700. The van der Waals surface area contributed by atoms with Crippen LogP contribution in [0.4, 0.5) is 5.69 Å². The quantitative estimate of drug-likeness (QED) is 0.575. The Kier molecular flexibility index (Phi) is 2.88. The van der Waals surface area contributed by atoms with E-state index >= 15 is 0 Å². The highest BCUT2D eigenvalue weighted by Crippen LogP contribution is 2.38. The molecule has 0 aliphatic heterocycles. The molecule has 1 aromatic heterocycles. The molecule has 7 heteroatoms. The molecule has 0 atom stereocenters. The van der Waals surface area contributed by atoms with Gasteiger partial charge in [0, 0.05) is 7.05 Å². The third-order valence-corrected chi connectivity index (χ3v) is 3.44. The number of hydrogen-bond acceptors (Lipinski definition) is 5. The van der Waals surface area contributed by atoms with Gasteiger partial charge in [-0.25, -0.2) is 0 Å². The summed E-state index contributed by atoms with van der Waals surface area (Å²) in [4.78, 5) is 10.5. The van der Waals surface area contributed by atoms with Gasteiger partial charge in [-0.05, 0) is 25.7 Å².